The minimum atomic E-state index is -3.70. The van der Waals surface area contributed by atoms with E-state index in [-0.39, 0.29) is 23.6 Å². The smallest absolute Gasteiger partial charge is 0.255 e. The number of pyridine rings is 1. The summed E-state index contributed by atoms with van der Waals surface area (Å²) in [6.07, 6.45) is 5.96. The lowest BCUT2D eigenvalue weighted by atomic mass is 9.99. The van der Waals surface area contributed by atoms with Crippen LogP contribution in [0.25, 0.3) is 0 Å². The van der Waals surface area contributed by atoms with Gasteiger partial charge in [0, 0.05) is 30.2 Å². The van der Waals surface area contributed by atoms with E-state index in [1.54, 1.807) is 47.0 Å². The number of rotatable bonds is 5. The van der Waals surface area contributed by atoms with Gasteiger partial charge < -0.3 is 14.8 Å². The van der Waals surface area contributed by atoms with Crippen molar-refractivity contribution in [3.63, 3.8) is 0 Å². The highest BCUT2D eigenvalue weighted by Gasteiger charge is 2.34. The van der Waals surface area contributed by atoms with Crippen LogP contribution in [-0.4, -0.2) is 37.0 Å². The van der Waals surface area contributed by atoms with E-state index in [1.807, 2.05) is 12.1 Å². The molecule has 0 saturated carbocycles. The second kappa shape index (κ2) is 8.84. The van der Waals surface area contributed by atoms with Crippen LogP contribution in [0.4, 0.5) is 5.69 Å². The number of ether oxygens (including phenoxy) is 2. The van der Waals surface area contributed by atoms with E-state index in [2.05, 4.69) is 10.3 Å². The molecule has 1 atom stereocenters. The number of carbonyl (C=O) groups is 1. The molecule has 1 aromatic heterocycles. The minimum absolute atomic E-state index is 0.134. The number of anilines is 1. The summed E-state index contributed by atoms with van der Waals surface area (Å²) >= 11 is 0. The normalized spacial score (nSPS) is 18.1. The van der Waals surface area contributed by atoms with Crippen LogP contribution in [0.2, 0.25) is 0 Å². The molecule has 8 nitrogen and oxygen atoms in total. The second-order valence-electron chi connectivity index (χ2n) is 7.96. The Labute approximate surface area is 192 Å². The van der Waals surface area contributed by atoms with Gasteiger partial charge in [-0.2, -0.15) is 4.31 Å². The summed E-state index contributed by atoms with van der Waals surface area (Å²) in [6, 6.07) is 14.7. The van der Waals surface area contributed by atoms with Gasteiger partial charge in [0.2, 0.25) is 16.8 Å². The molecule has 0 bridgehead atoms. The van der Waals surface area contributed by atoms with E-state index >= 15 is 0 Å². The van der Waals surface area contributed by atoms with Gasteiger partial charge in [0.15, 0.2) is 11.5 Å². The van der Waals surface area contributed by atoms with Crippen LogP contribution in [-0.2, 0) is 10.0 Å². The number of hydrogen-bond donors (Lipinski definition) is 1. The Hall–Kier alpha value is -3.43. The van der Waals surface area contributed by atoms with E-state index in [9.17, 15) is 13.2 Å². The zero-order valence-electron chi connectivity index (χ0n) is 17.8. The molecule has 33 heavy (non-hydrogen) atoms. The number of carbonyl (C=O) groups excluding carboxylic acids is 1. The van der Waals surface area contributed by atoms with Gasteiger partial charge >= 0.3 is 0 Å². The van der Waals surface area contributed by atoms with Gasteiger partial charge in [0.1, 0.15) is 0 Å². The molecule has 1 fully saturated rings. The zero-order chi connectivity index (χ0) is 22.8. The summed E-state index contributed by atoms with van der Waals surface area (Å²) in [5, 5.41) is 2.79. The van der Waals surface area contributed by atoms with Gasteiger partial charge in [-0.15, -0.1) is 0 Å². The highest BCUT2D eigenvalue weighted by molar-refractivity contribution is 7.89. The Kier molecular flexibility index (Phi) is 5.74. The fourth-order valence-electron chi connectivity index (χ4n) is 4.19. The molecule has 2 aromatic carbocycles. The molecule has 170 valence electrons. The third-order valence-electron chi connectivity index (χ3n) is 5.88. The van der Waals surface area contributed by atoms with Crippen molar-refractivity contribution in [3.05, 3.63) is 78.1 Å². The van der Waals surface area contributed by atoms with Crippen molar-refractivity contribution in [2.24, 2.45) is 0 Å². The lowest BCUT2D eigenvalue weighted by Crippen LogP contribution is -2.38. The predicted octanol–water partition coefficient (Wildman–Crippen LogP) is 3.98. The van der Waals surface area contributed by atoms with Crippen LogP contribution in [0.1, 0.15) is 41.2 Å². The first-order valence-electron chi connectivity index (χ1n) is 10.8. The molecular formula is C24H23N3O5S. The van der Waals surface area contributed by atoms with E-state index in [0.717, 1.165) is 24.8 Å². The molecule has 1 saturated heterocycles. The first-order chi connectivity index (χ1) is 16.0. The van der Waals surface area contributed by atoms with Crippen LogP contribution < -0.4 is 14.8 Å². The minimum Gasteiger partial charge on any atom is -0.454 e. The van der Waals surface area contributed by atoms with Crippen molar-refractivity contribution in [3.8, 4) is 11.5 Å². The Balaban J connectivity index is 1.33. The van der Waals surface area contributed by atoms with Crippen molar-refractivity contribution in [2.75, 3.05) is 18.7 Å². The van der Waals surface area contributed by atoms with Crippen molar-refractivity contribution in [1.82, 2.24) is 9.29 Å². The van der Waals surface area contributed by atoms with E-state index < -0.39 is 10.0 Å². The topological polar surface area (TPSA) is 97.8 Å². The lowest BCUT2D eigenvalue weighted by Gasteiger charge is -2.34. The third kappa shape index (κ3) is 4.29. The van der Waals surface area contributed by atoms with Crippen LogP contribution in [0.3, 0.4) is 0 Å². The highest BCUT2D eigenvalue weighted by Crippen LogP contribution is 2.35. The van der Waals surface area contributed by atoms with Crippen molar-refractivity contribution < 1.29 is 22.7 Å². The number of benzene rings is 2. The molecule has 2 aliphatic rings. The Morgan fingerprint density at radius 3 is 2.64 bits per heavy atom. The third-order valence-corrected chi connectivity index (χ3v) is 7.80. The number of aromatic nitrogens is 1. The highest BCUT2D eigenvalue weighted by atomic mass is 32.2. The van der Waals surface area contributed by atoms with Crippen LogP contribution in [0, 0.1) is 0 Å². The number of piperidine rings is 1. The quantitative estimate of drug-likeness (QED) is 0.612. The lowest BCUT2D eigenvalue weighted by molar-refractivity contribution is 0.102. The maximum absolute atomic E-state index is 13.4. The van der Waals surface area contributed by atoms with Crippen LogP contribution in [0.15, 0.2) is 71.9 Å². The largest absolute Gasteiger partial charge is 0.454 e. The summed E-state index contributed by atoms with van der Waals surface area (Å²) in [7, 11) is -3.70. The number of fused-ring (bicyclic) bond motifs is 1. The summed E-state index contributed by atoms with van der Waals surface area (Å²) in [6.45, 7) is 0.597. The van der Waals surface area contributed by atoms with E-state index in [1.165, 1.54) is 12.1 Å². The molecule has 9 heteroatoms. The van der Waals surface area contributed by atoms with Gasteiger partial charge in [-0.05, 0) is 66.9 Å². The summed E-state index contributed by atoms with van der Waals surface area (Å²) in [5.41, 5.74) is 1.82. The van der Waals surface area contributed by atoms with Gasteiger partial charge in [0.25, 0.3) is 5.91 Å². The molecule has 0 spiro atoms. The van der Waals surface area contributed by atoms with E-state index in [4.69, 9.17) is 9.47 Å². The molecule has 1 amide bonds. The zero-order valence-corrected chi connectivity index (χ0v) is 18.6. The molecule has 0 radical (unpaired) electrons. The molecule has 3 heterocycles. The van der Waals surface area contributed by atoms with Crippen molar-refractivity contribution in [1.29, 1.82) is 0 Å². The fourth-order valence-corrected chi connectivity index (χ4v) is 5.87. The number of sulfonamides is 1. The molecule has 2 aliphatic heterocycles. The predicted molar refractivity (Wildman–Crippen MR) is 122 cm³/mol. The maximum atomic E-state index is 13.4. The molecule has 5 rings (SSSR count). The first kappa shape index (κ1) is 21.4. The van der Waals surface area contributed by atoms with Crippen LogP contribution >= 0.6 is 0 Å². The van der Waals surface area contributed by atoms with Crippen molar-refractivity contribution >= 4 is 21.6 Å². The SMILES string of the molecule is O=C(Nc1ccc(S(=O)(=O)N2CCCCC2c2cccnc2)cc1)c1ccc2c(c1)OCO2. The van der Waals surface area contributed by atoms with Gasteiger partial charge in [-0.1, -0.05) is 12.5 Å². The molecule has 0 aliphatic carbocycles. The molecule has 1 N–H and O–H groups in total. The summed E-state index contributed by atoms with van der Waals surface area (Å²) in [4.78, 5) is 17.0. The fraction of sp³-hybridized carbons (Fsp3) is 0.250. The first-order valence-corrected chi connectivity index (χ1v) is 12.2. The number of nitrogens with one attached hydrogen (secondary N) is 1. The summed E-state index contributed by atoms with van der Waals surface area (Å²) < 4.78 is 39.0. The molecule has 3 aromatic rings. The second-order valence-corrected chi connectivity index (χ2v) is 9.85. The van der Waals surface area contributed by atoms with E-state index in [0.29, 0.717) is 29.3 Å². The molecule has 1 unspecified atom stereocenters. The number of amides is 1. The monoisotopic (exact) mass is 465 g/mol. The average Bonchev–Trinajstić information content (AvgIpc) is 3.33. The van der Waals surface area contributed by atoms with Crippen LogP contribution in [0.5, 0.6) is 11.5 Å². The Bertz CT molecular complexity index is 1260. The average molecular weight is 466 g/mol. The standard InChI is InChI=1S/C24H23N3O5S/c28-24(17-6-11-22-23(14-17)32-16-31-22)26-19-7-9-20(10-8-19)33(29,30)27-13-2-1-5-21(27)18-4-3-12-25-15-18/h3-4,6-12,14-15,21H,1-2,5,13,16H2,(H,26,28). The van der Waals surface area contributed by atoms with Crippen molar-refractivity contribution in [2.45, 2.75) is 30.2 Å². The van der Waals surface area contributed by atoms with Gasteiger partial charge in [0.05, 0.1) is 10.9 Å². The van der Waals surface area contributed by atoms with Gasteiger partial charge in [-0.25, -0.2) is 8.42 Å². The Morgan fingerprint density at radius 1 is 1.03 bits per heavy atom. The Morgan fingerprint density at radius 2 is 1.85 bits per heavy atom. The maximum Gasteiger partial charge on any atom is 0.255 e. The summed E-state index contributed by atoms with van der Waals surface area (Å²) in [5.74, 6) is 0.800. The number of nitrogens with zero attached hydrogens (tertiary/aromatic N) is 2. The number of hydrogen-bond acceptors (Lipinski definition) is 6. The molecular weight excluding hydrogens is 442 g/mol. The van der Waals surface area contributed by atoms with Gasteiger partial charge in [-0.3, -0.25) is 9.78 Å².